The van der Waals surface area contributed by atoms with Crippen molar-refractivity contribution in [2.45, 2.75) is 46.1 Å². The van der Waals surface area contributed by atoms with Crippen molar-refractivity contribution in [2.24, 2.45) is 0 Å². The Bertz CT molecular complexity index is 135. The molecule has 0 fully saturated rings. The number of carbonyl (C=O) groups is 1. The smallest absolute Gasteiger partial charge is 0.251 e. The molecule has 0 aliphatic rings. The second kappa shape index (κ2) is 10.5. The average Bonchev–Trinajstić information content (AvgIpc) is 2.21. The van der Waals surface area contributed by atoms with Gasteiger partial charge >= 0.3 is 0 Å². The summed E-state index contributed by atoms with van der Waals surface area (Å²) in [5.74, 6) is 0.0611. The van der Waals surface area contributed by atoms with Gasteiger partial charge in [-0.05, 0) is 6.42 Å². The number of rotatable bonds is 5. The zero-order valence-corrected chi connectivity index (χ0v) is 10.5. The molecular weight excluding hydrogens is 178 g/mol. The van der Waals surface area contributed by atoms with E-state index in [-0.39, 0.29) is 12.0 Å². The lowest BCUT2D eigenvalue weighted by Crippen LogP contribution is -2.34. The Morgan fingerprint density at radius 3 is 2.14 bits per heavy atom. The highest BCUT2D eigenvalue weighted by atomic mass is 16.5. The molecule has 0 aliphatic heterocycles. The molecule has 0 spiro atoms. The summed E-state index contributed by atoms with van der Waals surface area (Å²) in [5.41, 5.74) is 0. The highest BCUT2D eigenvalue weighted by Gasteiger charge is 2.18. The first kappa shape index (κ1) is 15.9. The SMILES string of the molecule is CC.CCCCC(OC)C(=O)N(C)C. The van der Waals surface area contributed by atoms with Crippen molar-refractivity contribution >= 4 is 5.91 Å². The van der Waals surface area contributed by atoms with Crippen LogP contribution in [-0.4, -0.2) is 38.1 Å². The lowest BCUT2D eigenvalue weighted by atomic mass is 10.1. The molecule has 0 saturated carbocycles. The molecule has 1 unspecified atom stereocenters. The van der Waals surface area contributed by atoms with Crippen LogP contribution in [0.1, 0.15) is 40.0 Å². The molecular formula is C11H25NO2. The van der Waals surface area contributed by atoms with Crippen LogP contribution in [0.2, 0.25) is 0 Å². The molecule has 3 heteroatoms. The molecule has 86 valence electrons. The molecule has 1 atom stereocenters. The van der Waals surface area contributed by atoms with E-state index in [0.717, 1.165) is 19.3 Å². The van der Waals surface area contributed by atoms with Gasteiger partial charge in [-0.2, -0.15) is 0 Å². The number of unbranched alkanes of at least 4 members (excludes halogenated alkanes) is 1. The Balaban J connectivity index is 0. The molecule has 0 aliphatic carbocycles. The fraction of sp³-hybridized carbons (Fsp3) is 0.909. The second-order valence-electron chi connectivity index (χ2n) is 3.10. The largest absolute Gasteiger partial charge is 0.372 e. The van der Waals surface area contributed by atoms with Gasteiger partial charge in [0, 0.05) is 21.2 Å². The molecule has 0 rings (SSSR count). The summed E-state index contributed by atoms with van der Waals surface area (Å²) < 4.78 is 5.08. The Hall–Kier alpha value is -0.570. The predicted octanol–water partition coefficient (Wildman–Crippen LogP) is 2.31. The van der Waals surface area contributed by atoms with Crippen molar-refractivity contribution in [3.8, 4) is 0 Å². The molecule has 1 amide bonds. The lowest BCUT2D eigenvalue weighted by Gasteiger charge is -2.18. The van der Waals surface area contributed by atoms with Gasteiger partial charge in [0.25, 0.3) is 5.91 Å². The summed E-state index contributed by atoms with van der Waals surface area (Å²) >= 11 is 0. The number of hydrogen-bond acceptors (Lipinski definition) is 2. The van der Waals surface area contributed by atoms with Crippen LogP contribution in [0.25, 0.3) is 0 Å². The normalized spacial score (nSPS) is 11.3. The van der Waals surface area contributed by atoms with Crippen molar-refractivity contribution in [1.82, 2.24) is 4.90 Å². The van der Waals surface area contributed by atoms with Gasteiger partial charge in [0.1, 0.15) is 6.10 Å². The van der Waals surface area contributed by atoms with Gasteiger partial charge in [-0.15, -0.1) is 0 Å². The summed E-state index contributed by atoms with van der Waals surface area (Å²) in [6.45, 7) is 6.10. The topological polar surface area (TPSA) is 29.5 Å². The lowest BCUT2D eigenvalue weighted by molar-refractivity contribution is -0.139. The molecule has 3 nitrogen and oxygen atoms in total. The number of nitrogens with zero attached hydrogens (tertiary/aromatic N) is 1. The Kier molecular flexibility index (Phi) is 11.9. The third-order valence-corrected chi connectivity index (χ3v) is 1.82. The quantitative estimate of drug-likeness (QED) is 0.686. The predicted molar refractivity (Wildman–Crippen MR) is 60.4 cm³/mol. The number of ether oxygens (including phenoxy) is 1. The van der Waals surface area contributed by atoms with Crippen molar-refractivity contribution in [3.63, 3.8) is 0 Å². The van der Waals surface area contributed by atoms with E-state index in [2.05, 4.69) is 6.92 Å². The van der Waals surface area contributed by atoms with Gasteiger partial charge in [0.05, 0.1) is 0 Å². The molecule has 0 bridgehead atoms. The minimum atomic E-state index is -0.250. The van der Waals surface area contributed by atoms with Crippen LogP contribution in [-0.2, 0) is 9.53 Å². The first-order chi connectivity index (χ1) is 6.63. The van der Waals surface area contributed by atoms with Crippen LogP contribution in [0.3, 0.4) is 0 Å². The third kappa shape index (κ3) is 6.89. The van der Waals surface area contributed by atoms with Crippen LogP contribution < -0.4 is 0 Å². The standard InChI is InChI=1S/C9H19NO2.C2H6/c1-5-6-7-8(12-4)9(11)10(2)3;1-2/h8H,5-7H2,1-4H3;1-2H3. The van der Waals surface area contributed by atoms with Crippen molar-refractivity contribution < 1.29 is 9.53 Å². The fourth-order valence-electron chi connectivity index (χ4n) is 1.02. The Morgan fingerprint density at radius 1 is 1.36 bits per heavy atom. The summed E-state index contributed by atoms with van der Waals surface area (Å²) in [4.78, 5) is 13.0. The van der Waals surface area contributed by atoms with Gasteiger partial charge in [0.2, 0.25) is 0 Å². The molecule has 0 aromatic rings. The van der Waals surface area contributed by atoms with Gasteiger partial charge in [-0.3, -0.25) is 4.79 Å². The van der Waals surface area contributed by atoms with Crippen LogP contribution in [0, 0.1) is 0 Å². The second-order valence-corrected chi connectivity index (χ2v) is 3.10. The van der Waals surface area contributed by atoms with Crippen LogP contribution >= 0.6 is 0 Å². The van der Waals surface area contributed by atoms with Gasteiger partial charge < -0.3 is 9.64 Å². The van der Waals surface area contributed by atoms with Crippen molar-refractivity contribution in [3.05, 3.63) is 0 Å². The maximum atomic E-state index is 11.4. The monoisotopic (exact) mass is 203 g/mol. The van der Waals surface area contributed by atoms with Crippen molar-refractivity contribution in [1.29, 1.82) is 0 Å². The zero-order chi connectivity index (χ0) is 11.6. The van der Waals surface area contributed by atoms with E-state index in [1.54, 1.807) is 26.1 Å². The highest BCUT2D eigenvalue weighted by Crippen LogP contribution is 2.05. The van der Waals surface area contributed by atoms with E-state index in [4.69, 9.17) is 4.74 Å². The first-order valence-corrected chi connectivity index (χ1v) is 5.37. The van der Waals surface area contributed by atoms with E-state index in [9.17, 15) is 4.79 Å². The van der Waals surface area contributed by atoms with Crippen LogP contribution in [0.5, 0.6) is 0 Å². The third-order valence-electron chi connectivity index (χ3n) is 1.82. The van der Waals surface area contributed by atoms with E-state index < -0.39 is 0 Å². The molecule has 0 N–H and O–H groups in total. The highest BCUT2D eigenvalue weighted by molar-refractivity contribution is 5.80. The number of likely N-dealkylation sites (N-methyl/N-ethyl adjacent to an activating group) is 1. The number of hydrogen-bond donors (Lipinski definition) is 0. The van der Waals surface area contributed by atoms with Gasteiger partial charge in [-0.25, -0.2) is 0 Å². The summed E-state index contributed by atoms with van der Waals surface area (Å²) in [7, 11) is 5.09. The van der Waals surface area contributed by atoms with Gasteiger partial charge in [0.15, 0.2) is 0 Å². The van der Waals surface area contributed by atoms with E-state index in [0.29, 0.717) is 0 Å². The fourth-order valence-corrected chi connectivity index (χ4v) is 1.02. The van der Waals surface area contributed by atoms with Crippen LogP contribution in [0.15, 0.2) is 0 Å². The minimum absolute atomic E-state index is 0.0611. The number of carbonyl (C=O) groups excluding carboxylic acids is 1. The minimum Gasteiger partial charge on any atom is -0.372 e. The van der Waals surface area contributed by atoms with E-state index in [1.165, 1.54) is 0 Å². The average molecular weight is 203 g/mol. The Labute approximate surface area is 88.4 Å². The molecule has 0 saturated heterocycles. The molecule has 14 heavy (non-hydrogen) atoms. The van der Waals surface area contributed by atoms with Crippen molar-refractivity contribution in [2.75, 3.05) is 21.2 Å². The first-order valence-electron chi connectivity index (χ1n) is 5.37. The number of methoxy groups -OCH3 is 1. The molecule has 0 heterocycles. The molecule has 0 radical (unpaired) electrons. The zero-order valence-electron chi connectivity index (χ0n) is 10.5. The number of amides is 1. The Morgan fingerprint density at radius 2 is 1.86 bits per heavy atom. The van der Waals surface area contributed by atoms with E-state index >= 15 is 0 Å². The summed E-state index contributed by atoms with van der Waals surface area (Å²) in [6.07, 6.45) is 2.71. The summed E-state index contributed by atoms with van der Waals surface area (Å²) in [6, 6.07) is 0. The van der Waals surface area contributed by atoms with Gasteiger partial charge in [-0.1, -0.05) is 33.6 Å². The summed E-state index contributed by atoms with van der Waals surface area (Å²) in [5, 5.41) is 0. The molecule has 0 aromatic carbocycles. The maximum absolute atomic E-state index is 11.4. The van der Waals surface area contributed by atoms with E-state index in [1.807, 2.05) is 13.8 Å². The molecule has 0 aromatic heterocycles. The van der Waals surface area contributed by atoms with Crippen LogP contribution in [0.4, 0.5) is 0 Å². The maximum Gasteiger partial charge on any atom is 0.251 e.